The highest BCUT2D eigenvalue weighted by Gasteiger charge is 2.40. The molecule has 4 heterocycles. The van der Waals surface area contributed by atoms with Crippen molar-refractivity contribution in [3.8, 4) is 0 Å². The van der Waals surface area contributed by atoms with Gasteiger partial charge in [0.1, 0.15) is 16.5 Å². The number of fused-ring (bicyclic) bond motifs is 3. The Bertz CT molecular complexity index is 1070. The standard InChI is InChI=1S/C25H29N3O2S/c1-2-6-18(7-3-1)10-11-21-26-23(28-14-12-25(13-15-28)29-16-17-30-25)22-19-8-4-5-9-20(19)31-24(22)27-21/h1-3,6-7H,4-5,8-17H2. The van der Waals surface area contributed by atoms with Gasteiger partial charge in [0.2, 0.25) is 0 Å². The van der Waals surface area contributed by atoms with E-state index in [9.17, 15) is 0 Å². The second-order valence-electron chi connectivity index (χ2n) is 8.93. The second-order valence-corrected chi connectivity index (χ2v) is 10.0. The van der Waals surface area contributed by atoms with Crippen molar-refractivity contribution < 1.29 is 9.47 Å². The number of aromatic nitrogens is 2. The number of anilines is 1. The number of benzene rings is 1. The molecule has 2 aromatic heterocycles. The number of hydrogen-bond acceptors (Lipinski definition) is 6. The van der Waals surface area contributed by atoms with Crippen LogP contribution in [0.25, 0.3) is 10.2 Å². The molecule has 6 heteroatoms. The topological polar surface area (TPSA) is 47.5 Å². The Hall–Kier alpha value is -2.02. The molecule has 6 rings (SSSR count). The van der Waals surface area contributed by atoms with E-state index in [0.29, 0.717) is 0 Å². The van der Waals surface area contributed by atoms with E-state index >= 15 is 0 Å². The van der Waals surface area contributed by atoms with Crippen molar-refractivity contribution in [1.82, 2.24) is 9.97 Å². The zero-order valence-electron chi connectivity index (χ0n) is 17.9. The monoisotopic (exact) mass is 435 g/mol. The Kier molecular flexibility index (Phi) is 5.17. The molecule has 3 aromatic rings. The van der Waals surface area contributed by atoms with Gasteiger partial charge in [-0.3, -0.25) is 0 Å². The number of hydrogen-bond donors (Lipinski definition) is 0. The van der Waals surface area contributed by atoms with Crippen LogP contribution < -0.4 is 4.90 Å². The van der Waals surface area contributed by atoms with Crippen molar-refractivity contribution in [1.29, 1.82) is 0 Å². The molecule has 0 bridgehead atoms. The summed E-state index contributed by atoms with van der Waals surface area (Å²) in [5.41, 5.74) is 2.86. The van der Waals surface area contributed by atoms with E-state index in [4.69, 9.17) is 19.4 Å². The van der Waals surface area contributed by atoms with E-state index in [1.54, 1.807) is 0 Å². The third-order valence-electron chi connectivity index (χ3n) is 6.96. The first kappa shape index (κ1) is 19.6. The van der Waals surface area contributed by atoms with Crippen LogP contribution in [0.1, 0.15) is 47.5 Å². The van der Waals surface area contributed by atoms with Crippen LogP contribution in [-0.2, 0) is 35.2 Å². The zero-order valence-corrected chi connectivity index (χ0v) is 18.8. The molecule has 0 unspecified atom stereocenters. The Morgan fingerprint density at radius 1 is 0.935 bits per heavy atom. The van der Waals surface area contributed by atoms with Gasteiger partial charge in [-0.15, -0.1) is 11.3 Å². The molecule has 162 valence electrons. The molecule has 3 aliphatic rings. The molecule has 0 radical (unpaired) electrons. The van der Waals surface area contributed by atoms with Crippen molar-refractivity contribution in [2.45, 2.75) is 57.2 Å². The molecule has 0 amide bonds. The second kappa shape index (κ2) is 8.15. The Morgan fingerprint density at radius 2 is 1.71 bits per heavy atom. The summed E-state index contributed by atoms with van der Waals surface area (Å²) in [5, 5.41) is 1.33. The molecule has 1 aromatic carbocycles. The molecule has 2 aliphatic heterocycles. The van der Waals surface area contributed by atoms with Gasteiger partial charge in [-0.2, -0.15) is 0 Å². The van der Waals surface area contributed by atoms with Crippen molar-refractivity contribution in [2.75, 3.05) is 31.2 Å². The third-order valence-corrected chi connectivity index (χ3v) is 8.15. The van der Waals surface area contributed by atoms with Crippen molar-refractivity contribution in [3.63, 3.8) is 0 Å². The maximum atomic E-state index is 5.96. The fraction of sp³-hybridized carbons (Fsp3) is 0.520. The number of thiophene rings is 1. The lowest BCUT2D eigenvalue weighted by atomic mass is 9.96. The van der Waals surface area contributed by atoms with Crippen LogP contribution in [0.5, 0.6) is 0 Å². The minimum Gasteiger partial charge on any atom is -0.356 e. The lowest BCUT2D eigenvalue weighted by Crippen LogP contribution is -2.45. The van der Waals surface area contributed by atoms with Crippen molar-refractivity contribution in [3.05, 3.63) is 52.2 Å². The minimum absolute atomic E-state index is 0.354. The third kappa shape index (κ3) is 3.75. The molecule has 0 N–H and O–H groups in total. The molecule has 0 saturated carbocycles. The highest BCUT2D eigenvalue weighted by Crippen LogP contribution is 2.41. The average molecular weight is 436 g/mol. The summed E-state index contributed by atoms with van der Waals surface area (Å²) < 4.78 is 11.9. The van der Waals surface area contributed by atoms with Gasteiger partial charge < -0.3 is 14.4 Å². The van der Waals surface area contributed by atoms with Crippen molar-refractivity contribution in [2.24, 2.45) is 0 Å². The number of aryl methyl sites for hydroxylation is 4. The summed E-state index contributed by atoms with van der Waals surface area (Å²) >= 11 is 1.91. The fourth-order valence-electron chi connectivity index (χ4n) is 5.27. The summed E-state index contributed by atoms with van der Waals surface area (Å²) in [5.74, 6) is 1.77. The lowest BCUT2D eigenvalue weighted by Gasteiger charge is -2.38. The fourth-order valence-corrected chi connectivity index (χ4v) is 6.54. The quantitative estimate of drug-likeness (QED) is 0.595. The molecular formula is C25H29N3O2S. The molecular weight excluding hydrogens is 406 g/mol. The molecule has 31 heavy (non-hydrogen) atoms. The molecule has 0 atom stereocenters. The average Bonchev–Trinajstić information content (AvgIpc) is 3.43. The van der Waals surface area contributed by atoms with E-state index in [0.717, 1.165) is 63.6 Å². The van der Waals surface area contributed by atoms with Gasteiger partial charge in [0.25, 0.3) is 0 Å². The first-order valence-corrected chi connectivity index (χ1v) is 12.5. The number of rotatable bonds is 4. The molecule has 1 aliphatic carbocycles. The lowest BCUT2D eigenvalue weighted by molar-refractivity contribution is -0.169. The van der Waals surface area contributed by atoms with Gasteiger partial charge in [0.05, 0.1) is 18.6 Å². The highest BCUT2D eigenvalue weighted by molar-refractivity contribution is 7.19. The van der Waals surface area contributed by atoms with Crippen LogP contribution in [-0.4, -0.2) is 42.1 Å². The van der Waals surface area contributed by atoms with Crippen LogP contribution >= 0.6 is 11.3 Å². The summed E-state index contributed by atoms with van der Waals surface area (Å²) in [6.07, 6.45) is 8.59. The van der Waals surface area contributed by atoms with Gasteiger partial charge in [0.15, 0.2) is 5.79 Å². The largest absolute Gasteiger partial charge is 0.356 e. The number of ether oxygens (including phenoxy) is 2. The predicted octanol–water partition coefficient (Wildman–Crippen LogP) is 4.70. The molecule has 2 saturated heterocycles. The van der Waals surface area contributed by atoms with E-state index in [1.807, 2.05) is 11.3 Å². The maximum Gasteiger partial charge on any atom is 0.171 e. The molecule has 5 nitrogen and oxygen atoms in total. The first-order valence-electron chi connectivity index (χ1n) is 11.7. The minimum atomic E-state index is -0.354. The summed E-state index contributed by atoms with van der Waals surface area (Å²) in [7, 11) is 0. The summed E-state index contributed by atoms with van der Waals surface area (Å²) in [4.78, 5) is 15.4. The van der Waals surface area contributed by atoms with Crippen LogP contribution in [0.15, 0.2) is 30.3 Å². The molecule has 2 fully saturated rings. The van der Waals surface area contributed by atoms with Crippen molar-refractivity contribution >= 4 is 27.4 Å². The Balaban J connectivity index is 1.34. The van der Waals surface area contributed by atoms with Gasteiger partial charge in [-0.05, 0) is 43.2 Å². The highest BCUT2D eigenvalue weighted by atomic mass is 32.1. The smallest absolute Gasteiger partial charge is 0.171 e. The Labute approximate surface area is 187 Å². The zero-order chi connectivity index (χ0) is 20.7. The van der Waals surface area contributed by atoms with Gasteiger partial charge in [-0.25, -0.2) is 9.97 Å². The van der Waals surface area contributed by atoms with Crippen LogP contribution in [0, 0.1) is 0 Å². The summed E-state index contributed by atoms with van der Waals surface area (Å²) in [6.45, 7) is 3.29. The maximum absolute atomic E-state index is 5.96. The van der Waals surface area contributed by atoms with Crippen LogP contribution in [0.3, 0.4) is 0 Å². The predicted molar refractivity (Wildman–Crippen MR) is 124 cm³/mol. The van der Waals surface area contributed by atoms with Gasteiger partial charge in [-0.1, -0.05) is 30.3 Å². The Morgan fingerprint density at radius 3 is 2.52 bits per heavy atom. The van der Waals surface area contributed by atoms with E-state index in [2.05, 4.69) is 35.2 Å². The van der Waals surface area contributed by atoms with Gasteiger partial charge in [0, 0.05) is 37.2 Å². The number of nitrogens with zero attached hydrogens (tertiary/aromatic N) is 3. The van der Waals surface area contributed by atoms with Crippen LogP contribution in [0.4, 0.5) is 5.82 Å². The summed E-state index contributed by atoms with van der Waals surface area (Å²) in [6, 6.07) is 10.7. The van der Waals surface area contributed by atoms with E-state index in [1.165, 1.54) is 51.9 Å². The number of piperidine rings is 1. The van der Waals surface area contributed by atoms with E-state index in [-0.39, 0.29) is 5.79 Å². The normalized spacial score (nSPS) is 20.5. The molecule has 1 spiro atoms. The van der Waals surface area contributed by atoms with E-state index < -0.39 is 0 Å². The SMILES string of the molecule is c1ccc(CCc2nc(N3CCC4(CC3)OCCO4)c3c4c(sc3n2)CCCC4)cc1. The first-order chi connectivity index (χ1) is 15.3. The van der Waals surface area contributed by atoms with Gasteiger partial charge >= 0.3 is 0 Å². The van der Waals surface area contributed by atoms with Crippen LogP contribution in [0.2, 0.25) is 0 Å².